The number of halogens is 1. The van der Waals surface area contributed by atoms with E-state index >= 15 is 0 Å². The molecule has 96 valence electrons. The van der Waals surface area contributed by atoms with Gasteiger partial charge in [0.15, 0.2) is 5.82 Å². The third-order valence-electron chi connectivity index (χ3n) is 1.86. The van der Waals surface area contributed by atoms with Gasteiger partial charge in [0.25, 0.3) is 0 Å². The zero-order valence-corrected chi connectivity index (χ0v) is 10.9. The molecule has 0 aromatic carbocycles. The smallest absolute Gasteiger partial charge is 0.239 e. The SMILES string of the molecule is NNc1ncc(Cl)c(NCCSCCCO)n1. The Balaban J connectivity index is 2.30. The lowest BCUT2D eigenvalue weighted by atomic mass is 10.5. The highest BCUT2D eigenvalue weighted by Crippen LogP contribution is 2.18. The molecule has 6 nitrogen and oxygen atoms in total. The summed E-state index contributed by atoms with van der Waals surface area (Å²) in [4.78, 5) is 7.96. The molecule has 0 amide bonds. The Labute approximate surface area is 109 Å². The first kappa shape index (κ1) is 14.3. The normalized spacial score (nSPS) is 10.3. The van der Waals surface area contributed by atoms with E-state index in [1.165, 1.54) is 6.20 Å². The molecule has 0 spiro atoms. The summed E-state index contributed by atoms with van der Waals surface area (Å²) >= 11 is 7.68. The van der Waals surface area contributed by atoms with Crippen molar-refractivity contribution in [1.29, 1.82) is 0 Å². The Kier molecular flexibility index (Phi) is 7.02. The van der Waals surface area contributed by atoms with Gasteiger partial charge in [-0.3, -0.25) is 5.43 Å². The highest BCUT2D eigenvalue weighted by Gasteiger charge is 2.03. The third-order valence-corrected chi connectivity index (χ3v) is 3.21. The first-order valence-corrected chi connectivity index (χ1v) is 6.73. The molecule has 1 aromatic rings. The number of anilines is 2. The molecule has 0 radical (unpaired) electrons. The summed E-state index contributed by atoms with van der Waals surface area (Å²) in [5, 5.41) is 12.2. The molecule has 0 aliphatic heterocycles. The summed E-state index contributed by atoms with van der Waals surface area (Å²) in [6.45, 7) is 0.987. The van der Waals surface area contributed by atoms with E-state index in [9.17, 15) is 0 Å². The van der Waals surface area contributed by atoms with Crippen molar-refractivity contribution in [2.75, 3.05) is 35.4 Å². The molecule has 0 atom stereocenters. The molecule has 0 fully saturated rings. The first-order valence-electron chi connectivity index (χ1n) is 5.19. The lowest BCUT2D eigenvalue weighted by Crippen LogP contribution is -2.13. The van der Waals surface area contributed by atoms with E-state index in [1.54, 1.807) is 11.8 Å². The van der Waals surface area contributed by atoms with Crippen molar-refractivity contribution < 1.29 is 5.11 Å². The van der Waals surface area contributed by atoms with Crippen LogP contribution in [0, 0.1) is 0 Å². The van der Waals surface area contributed by atoms with Gasteiger partial charge in [-0.05, 0) is 12.2 Å². The number of nitrogens with two attached hydrogens (primary N) is 1. The fourth-order valence-corrected chi connectivity index (χ4v) is 2.01. The molecule has 1 rings (SSSR count). The summed E-state index contributed by atoms with van der Waals surface area (Å²) in [6, 6.07) is 0. The Morgan fingerprint density at radius 3 is 3.00 bits per heavy atom. The van der Waals surface area contributed by atoms with Gasteiger partial charge in [0.2, 0.25) is 5.95 Å². The molecule has 17 heavy (non-hydrogen) atoms. The minimum absolute atomic E-state index is 0.240. The number of aromatic nitrogens is 2. The number of thioether (sulfide) groups is 1. The number of nitrogens with one attached hydrogen (secondary N) is 2. The molecule has 1 aromatic heterocycles. The maximum absolute atomic E-state index is 8.61. The molecule has 0 saturated heterocycles. The summed E-state index contributed by atoms with van der Waals surface area (Å²) in [7, 11) is 0. The van der Waals surface area contributed by atoms with Crippen molar-refractivity contribution in [1.82, 2.24) is 9.97 Å². The van der Waals surface area contributed by atoms with Crippen molar-refractivity contribution in [3.8, 4) is 0 Å². The van der Waals surface area contributed by atoms with E-state index < -0.39 is 0 Å². The van der Waals surface area contributed by atoms with E-state index in [1.807, 2.05) is 0 Å². The average Bonchev–Trinajstić information content (AvgIpc) is 2.35. The molecule has 0 unspecified atom stereocenters. The maximum atomic E-state index is 8.61. The molecule has 8 heteroatoms. The number of nitrogen functional groups attached to an aromatic ring is 1. The highest BCUT2D eigenvalue weighted by atomic mass is 35.5. The summed E-state index contributed by atoms with van der Waals surface area (Å²) < 4.78 is 0. The molecular weight excluding hydrogens is 262 g/mol. The van der Waals surface area contributed by atoms with Crippen LogP contribution in [0.4, 0.5) is 11.8 Å². The lowest BCUT2D eigenvalue weighted by Gasteiger charge is -2.08. The number of aliphatic hydroxyl groups excluding tert-OH is 1. The zero-order valence-electron chi connectivity index (χ0n) is 9.32. The van der Waals surface area contributed by atoms with Gasteiger partial charge in [-0.25, -0.2) is 10.8 Å². The van der Waals surface area contributed by atoms with E-state index in [-0.39, 0.29) is 6.61 Å². The van der Waals surface area contributed by atoms with Gasteiger partial charge in [-0.2, -0.15) is 16.7 Å². The molecule has 0 aliphatic carbocycles. The van der Waals surface area contributed by atoms with E-state index in [0.29, 0.717) is 16.8 Å². The van der Waals surface area contributed by atoms with Gasteiger partial charge in [0.1, 0.15) is 5.02 Å². The second-order valence-electron chi connectivity index (χ2n) is 3.15. The monoisotopic (exact) mass is 277 g/mol. The van der Waals surface area contributed by atoms with Crippen molar-refractivity contribution in [3.63, 3.8) is 0 Å². The fourth-order valence-electron chi connectivity index (χ4n) is 1.07. The molecule has 0 aliphatic rings. The second-order valence-corrected chi connectivity index (χ2v) is 4.78. The lowest BCUT2D eigenvalue weighted by molar-refractivity contribution is 0.296. The predicted molar refractivity (Wildman–Crippen MR) is 72.4 cm³/mol. The van der Waals surface area contributed by atoms with E-state index in [2.05, 4.69) is 20.7 Å². The Bertz CT molecular complexity index is 341. The van der Waals surface area contributed by atoms with Crippen molar-refractivity contribution in [2.45, 2.75) is 6.42 Å². The number of rotatable bonds is 8. The van der Waals surface area contributed by atoms with Crippen LogP contribution in [0.5, 0.6) is 0 Å². The molecule has 1 heterocycles. The number of aliphatic hydroxyl groups is 1. The average molecular weight is 278 g/mol. The van der Waals surface area contributed by atoms with Crippen LogP contribution in [0.2, 0.25) is 5.02 Å². The molecule has 0 bridgehead atoms. The molecular formula is C9H16ClN5OS. The Morgan fingerprint density at radius 1 is 1.47 bits per heavy atom. The fraction of sp³-hybridized carbons (Fsp3) is 0.556. The van der Waals surface area contributed by atoms with Crippen LogP contribution >= 0.6 is 23.4 Å². The summed E-state index contributed by atoms with van der Waals surface area (Å²) in [6.07, 6.45) is 2.31. The van der Waals surface area contributed by atoms with Gasteiger partial charge >= 0.3 is 0 Å². The van der Waals surface area contributed by atoms with Gasteiger partial charge in [0, 0.05) is 18.9 Å². The largest absolute Gasteiger partial charge is 0.396 e. The number of hydrazine groups is 1. The first-order chi connectivity index (χ1) is 8.27. The number of hydrogen-bond donors (Lipinski definition) is 4. The quantitative estimate of drug-likeness (QED) is 0.319. The second kappa shape index (κ2) is 8.35. The van der Waals surface area contributed by atoms with Gasteiger partial charge in [0.05, 0.1) is 6.20 Å². The van der Waals surface area contributed by atoms with Crippen molar-refractivity contribution in [3.05, 3.63) is 11.2 Å². The topological polar surface area (TPSA) is 96.1 Å². The standard InChI is InChI=1S/C9H16ClN5OS/c10-7-6-13-9(15-11)14-8(7)12-2-5-17-4-1-3-16/h6,16H,1-5,11H2,(H2,12,13,14,15). The van der Waals surface area contributed by atoms with E-state index in [4.69, 9.17) is 22.6 Å². The molecule has 5 N–H and O–H groups in total. The minimum atomic E-state index is 0.240. The van der Waals surface area contributed by atoms with Crippen LogP contribution in [-0.4, -0.2) is 39.7 Å². The zero-order chi connectivity index (χ0) is 12.5. The van der Waals surface area contributed by atoms with E-state index in [0.717, 1.165) is 24.5 Å². The Morgan fingerprint density at radius 2 is 2.29 bits per heavy atom. The highest BCUT2D eigenvalue weighted by molar-refractivity contribution is 7.99. The number of hydrogen-bond acceptors (Lipinski definition) is 7. The summed E-state index contributed by atoms with van der Waals surface area (Å²) in [5.41, 5.74) is 2.36. The maximum Gasteiger partial charge on any atom is 0.239 e. The summed E-state index contributed by atoms with van der Waals surface area (Å²) in [5.74, 6) is 7.97. The van der Waals surface area contributed by atoms with Crippen LogP contribution in [-0.2, 0) is 0 Å². The van der Waals surface area contributed by atoms with Gasteiger partial charge < -0.3 is 10.4 Å². The van der Waals surface area contributed by atoms with Crippen LogP contribution < -0.4 is 16.6 Å². The number of nitrogens with zero attached hydrogens (tertiary/aromatic N) is 2. The predicted octanol–water partition coefficient (Wildman–Crippen LogP) is 0.943. The molecule has 0 saturated carbocycles. The Hall–Kier alpha value is -0.760. The minimum Gasteiger partial charge on any atom is -0.396 e. The third kappa shape index (κ3) is 5.40. The van der Waals surface area contributed by atoms with Crippen molar-refractivity contribution in [2.24, 2.45) is 5.84 Å². The van der Waals surface area contributed by atoms with Crippen LogP contribution in [0.1, 0.15) is 6.42 Å². The van der Waals surface area contributed by atoms with Crippen LogP contribution in [0.3, 0.4) is 0 Å². The van der Waals surface area contributed by atoms with Gasteiger partial charge in [-0.15, -0.1) is 0 Å². The van der Waals surface area contributed by atoms with Crippen LogP contribution in [0.25, 0.3) is 0 Å². The van der Waals surface area contributed by atoms with Gasteiger partial charge in [-0.1, -0.05) is 11.6 Å². The van der Waals surface area contributed by atoms with Crippen molar-refractivity contribution >= 4 is 35.1 Å². The van der Waals surface area contributed by atoms with Crippen LogP contribution in [0.15, 0.2) is 6.20 Å².